The zero-order valence-corrected chi connectivity index (χ0v) is 21.8. The van der Waals surface area contributed by atoms with Gasteiger partial charge in [-0.1, -0.05) is 53.5 Å². The molecular weight excluding hydrogens is 467 g/mol. The Labute approximate surface area is 214 Å². The molecule has 0 saturated carbocycles. The minimum atomic E-state index is -0.426. The van der Waals surface area contributed by atoms with E-state index in [-0.39, 0.29) is 6.10 Å². The monoisotopic (exact) mass is 502 g/mol. The molecule has 34 heavy (non-hydrogen) atoms. The molecule has 4 rings (SSSR count). The first-order valence-corrected chi connectivity index (χ1v) is 13.2. The second kappa shape index (κ2) is 11.4. The number of nitrogens with zero attached hydrogens (tertiary/aromatic N) is 2. The standard InChI is InChI=1S/C28H36Cl2N2O2/c1-21-26(9-8-25(29)27(21)30)34-24-12-14-31(15-13-24)19-23-10-16-32(17-11-23)28(2,20-33)18-22-6-4-3-5-7-22/h3-9,20,23-24H,10-19H2,1-2H3/t28-/m0/s1. The summed E-state index contributed by atoms with van der Waals surface area (Å²) in [5, 5.41) is 1.15. The highest BCUT2D eigenvalue weighted by Crippen LogP contribution is 2.34. The topological polar surface area (TPSA) is 32.8 Å². The van der Waals surface area contributed by atoms with Crippen LogP contribution >= 0.6 is 23.2 Å². The summed E-state index contributed by atoms with van der Waals surface area (Å²) in [6.45, 7) is 9.29. The van der Waals surface area contributed by atoms with Crippen LogP contribution in [0.4, 0.5) is 0 Å². The van der Waals surface area contributed by atoms with Crippen LogP contribution < -0.4 is 4.74 Å². The number of carbonyl (C=O) groups excluding carboxylic acids is 1. The Bertz CT molecular complexity index is 954. The van der Waals surface area contributed by atoms with Crippen LogP contribution in [0, 0.1) is 12.8 Å². The summed E-state index contributed by atoms with van der Waals surface area (Å²) in [7, 11) is 0. The third kappa shape index (κ3) is 6.15. The van der Waals surface area contributed by atoms with E-state index < -0.39 is 5.54 Å². The molecule has 0 N–H and O–H groups in total. The van der Waals surface area contributed by atoms with E-state index in [0.29, 0.717) is 16.0 Å². The van der Waals surface area contributed by atoms with Crippen molar-refractivity contribution in [1.29, 1.82) is 0 Å². The molecule has 1 atom stereocenters. The number of rotatable bonds is 8. The van der Waals surface area contributed by atoms with Crippen LogP contribution in [-0.4, -0.2) is 60.5 Å². The van der Waals surface area contributed by atoms with Crippen molar-refractivity contribution in [2.75, 3.05) is 32.7 Å². The summed E-state index contributed by atoms with van der Waals surface area (Å²) in [6, 6.07) is 14.1. The quantitative estimate of drug-likeness (QED) is 0.410. The van der Waals surface area contributed by atoms with Gasteiger partial charge in [0, 0.05) is 25.2 Å². The van der Waals surface area contributed by atoms with Crippen molar-refractivity contribution in [3.8, 4) is 5.75 Å². The highest BCUT2D eigenvalue weighted by Gasteiger charge is 2.35. The maximum absolute atomic E-state index is 12.1. The van der Waals surface area contributed by atoms with Gasteiger partial charge in [0.05, 0.1) is 15.6 Å². The lowest BCUT2D eigenvalue weighted by atomic mass is 9.87. The molecule has 0 aromatic heterocycles. The Kier molecular flexibility index (Phi) is 8.57. The number of hydrogen-bond acceptors (Lipinski definition) is 4. The van der Waals surface area contributed by atoms with Crippen LogP contribution in [0.15, 0.2) is 42.5 Å². The van der Waals surface area contributed by atoms with E-state index in [1.165, 1.54) is 5.56 Å². The number of likely N-dealkylation sites (tertiary alicyclic amines) is 2. The van der Waals surface area contributed by atoms with Crippen molar-refractivity contribution in [2.45, 2.75) is 57.6 Å². The molecule has 2 aliphatic heterocycles. The van der Waals surface area contributed by atoms with E-state index in [1.54, 1.807) is 0 Å². The minimum absolute atomic E-state index is 0.223. The zero-order valence-electron chi connectivity index (χ0n) is 20.3. The first-order valence-electron chi connectivity index (χ1n) is 12.5. The van der Waals surface area contributed by atoms with Crippen LogP contribution in [0.3, 0.4) is 0 Å². The van der Waals surface area contributed by atoms with Gasteiger partial charge in [0.25, 0.3) is 0 Å². The van der Waals surface area contributed by atoms with Crippen molar-refractivity contribution in [3.63, 3.8) is 0 Å². The Balaban J connectivity index is 1.22. The summed E-state index contributed by atoms with van der Waals surface area (Å²) >= 11 is 12.4. The highest BCUT2D eigenvalue weighted by molar-refractivity contribution is 6.42. The highest BCUT2D eigenvalue weighted by atomic mass is 35.5. The maximum atomic E-state index is 12.1. The van der Waals surface area contributed by atoms with Crippen LogP contribution in [-0.2, 0) is 11.2 Å². The van der Waals surface area contributed by atoms with Gasteiger partial charge in [0.2, 0.25) is 0 Å². The van der Waals surface area contributed by atoms with E-state index in [4.69, 9.17) is 27.9 Å². The molecule has 0 unspecified atom stereocenters. The van der Waals surface area contributed by atoms with Gasteiger partial charge >= 0.3 is 0 Å². The largest absolute Gasteiger partial charge is 0.490 e. The average Bonchev–Trinajstić information content (AvgIpc) is 2.86. The molecule has 0 aliphatic carbocycles. The molecule has 184 valence electrons. The molecule has 6 heteroatoms. The van der Waals surface area contributed by atoms with Gasteiger partial charge in [0.1, 0.15) is 18.1 Å². The van der Waals surface area contributed by atoms with E-state index in [9.17, 15) is 4.79 Å². The third-order valence-corrected chi connectivity index (χ3v) is 8.53. The Morgan fingerprint density at radius 3 is 2.32 bits per heavy atom. The van der Waals surface area contributed by atoms with E-state index in [0.717, 1.165) is 82.4 Å². The minimum Gasteiger partial charge on any atom is -0.490 e. The molecule has 2 aromatic carbocycles. The summed E-state index contributed by atoms with van der Waals surface area (Å²) in [5.74, 6) is 1.53. The number of piperidine rings is 2. The molecule has 2 saturated heterocycles. The van der Waals surface area contributed by atoms with Crippen LogP contribution in [0.2, 0.25) is 10.0 Å². The number of carbonyl (C=O) groups is 1. The SMILES string of the molecule is Cc1c(OC2CCN(CC3CCN([C@](C)(C=O)Cc4ccccc4)CC3)CC2)ccc(Cl)c1Cl. The van der Waals surface area contributed by atoms with Gasteiger partial charge in [-0.15, -0.1) is 0 Å². The fourth-order valence-electron chi connectivity index (χ4n) is 5.38. The van der Waals surface area contributed by atoms with Crippen molar-refractivity contribution < 1.29 is 9.53 Å². The maximum Gasteiger partial charge on any atom is 0.140 e. The van der Waals surface area contributed by atoms with Crippen molar-refractivity contribution in [1.82, 2.24) is 9.80 Å². The average molecular weight is 504 g/mol. The Morgan fingerprint density at radius 2 is 1.68 bits per heavy atom. The van der Waals surface area contributed by atoms with Gasteiger partial charge < -0.3 is 14.4 Å². The summed E-state index contributed by atoms with van der Waals surface area (Å²) in [5.41, 5.74) is 1.71. The van der Waals surface area contributed by atoms with Crippen molar-refractivity contribution >= 4 is 29.5 Å². The molecular formula is C28H36Cl2N2O2. The van der Waals surface area contributed by atoms with Gasteiger partial charge in [0.15, 0.2) is 0 Å². The normalized spacial score (nSPS) is 20.7. The molecule has 2 aliphatic rings. The molecule has 0 spiro atoms. The molecule has 4 nitrogen and oxygen atoms in total. The Hall–Kier alpha value is -1.59. The predicted molar refractivity (Wildman–Crippen MR) is 140 cm³/mol. The van der Waals surface area contributed by atoms with Gasteiger partial charge in [-0.25, -0.2) is 0 Å². The molecule has 0 bridgehead atoms. The van der Waals surface area contributed by atoms with E-state index in [2.05, 4.69) is 28.9 Å². The van der Waals surface area contributed by atoms with E-state index >= 15 is 0 Å². The number of hydrogen-bond donors (Lipinski definition) is 0. The molecule has 0 radical (unpaired) electrons. The first-order chi connectivity index (χ1) is 16.4. The molecule has 2 heterocycles. The first kappa shape index (κ1) is 25.5. The number of ether oxygens (including phenoxy) is 1. The zero-order chi connectivity index (χ0) is 24.1. The fourth-order valence-corrected chi connectivity index (χ4v) is 5.74. The lowest BCUT2D eigenvalue weighted by Gasteiger charge is -2.43. The number of aldehydes is 1. The molecule has 0 amide bonds. The van der Waals surface area contributed by atoms with Crippen LogP contribution in [0.5, 0.6) is 5.75 Å². The van der Waals surface area contributed by atoms with Crippen molar-refractivity contribution in [3.05, 3.63) is 63.6 Å². The summed E-state index contributed by atoms with van der Waals surface area (Å²) in [4.78, 5) is 17.1. The lowest BCUT2D eigenvalue weighted by Crippen LogP contribution is -2.53. The second-order valence-electron chi connectivity index (χ2n) is 10.2. The molecule has 2 fully saturated rings. The van der Waals surface area contributed by atoms with Crippen molar-refractivity contribution in [2.24, 2.45) is 5.92 Å². The number of halogens is 2. The molecule has 2 aromatic rings. The fraction of sp³-hybridized carbons (Fsp3) is 0.536. The van der Waals surface area contributed by atoms with Gasteiger partial charge in [-0.05, 0) is 82.7 Å². The summed E-state index contributed by atoms with van der Waals surface area (Å²) < 4.78 is 6.26. The van der Waals surface area contributed by atoms with E-state index in [1.807, 2.05) is 37.3 Å². The Morgan fingerprint density at radius 1 is 1.00 bits per heavy atom. The number of benzene rings is 2. The predicted octanol–water partition coefficient (Wildman–Crippen LogP) is 6.06. The summed E-state index contributed by atoms with van der Waals surface area (Å²) in [6.07, 6.45) is 6.50. The van der Waals surface area contributed by atoms with Gasteiger partial charge in [-0.3, -0.25) is 4.90 Å². The van der Waals surface area contributed by atoms with Gasteiger partial charge in [-0.2, -0.15) is 0 Å². The van der Waals surface area contributed by atoms with Crippen LogP contribution in [0.1, 0.15) is 43.7 Å². The third-order valence-electron chi connectivity index (χ3n) is 7.63. The smallest absolute Gasteiger partial charge is 0.140 e. The second-order valence-corrected chi connectivity index (χ2v) is 11.0. The lowest BCUT2D eigenvalue weighted by molar-refractivity contribution is -0.118. The van der Waals surface area contributed by atoms with Crippen LogP contribution in [0.25, 0.3) is 0 Å².